The zero-order chi connectivity index (χ0) is 13.1. The van der Waals surface area contributed by atoms with Crippen molar-refractivity contribution in [1.82, 2.24) is 15.5 Å². The van der Waals surface area contributed by atoms with Crippen molar-refractivity contribution in [1.29, 1.82) is 0 Å². The molecule has 1 aromatic heterocycles. The maximum atomic E-state index is 11.4. The van der Waals surface area contributed by atoms with Gasteiger partial charge in [-0.25, -0.2) is 0 Å². The molecule has 0 bridgehead atoms. The van der Waals surface area contributed by atoms with E-state index in [9.17, 15) is 4.79 Å². The summed E-state index contributed by atoms with van der Waals surface area (Å²) in [5, 5.41) is 12.8. The number of halogens is 1. The number of rotatable bonds is 4. The molecule has 0 radical (unpaired) electrons. The summed E-state index contributed by atoms with van der Waals surface area (Å²) in [6.45, 7) is 8.51. The lowest BCUT2D eigenvalue weighted by atomic mass is 9.98. The van der Waals surface area contributed by atoms with Gasteiger partial charge in [0.05, 0.1) is 6.54 Å². The van der Waals surface area contributed by atoms with Gasteiger partial charge in [0.1, 0.15) is 10.0 Å². The van der Waals surface area contributed by atoms with Crippen LogP contribution < -0.4 is 11.1 Å². The fraction of sp³-hybridized carbons (Fsp3) is 0.727. The van der Waals surface area contributed by atoms with E-state index >= 15 is 0 Å². The van der Waals surface area contributed by atoms with E-state index in [1.807, 2.05) is 6.92 Å². The first-order valence-electron chi connectivity index (χ1n) is 5.64. The van der Waals surface area contributed by atoms with Crippen molar-refractivity contribution in [3.63, 3.8) is 0 Å². The van der Waals surface area contributed by atoms with E-state index in [2.05, 4.69) is 36.3 Å². The Balaban J connectivity index is 0.00000289. The molecule has 104 valence electrons. The summed E-state index contributed by atoms with van der Waals surface area (Å²) in [5.74, 6) is -0.0486. The summed E-state index contributed by atoms with van der Waals surface area (Å²) >= 11 is 1.53. The van der Waals surface area contributed by atoms with Gasteiger partial charge in [0.2, 0.25) is 5.91 Å². The molecule has 0 spiro atoms. The lowest BCUT2D eigenvalue weighted by molar-refractivity contribution is -0.121. The van der Waals surface area contributed by atoms with Crippen LogP contribution in [-0.4, -0.2) is 22.1 Å². The second-order valence-electron chi connectivity index (χ2n) is 5.21. The summed E-state index contributed by atoms with van der Waals surface area (Å²) in [4.78, 5) is 11.4. The Morgan fingerprint density at radius 2 is 2.06 bits per heavy atom. The minimum absolute atomic E-state index is 0. The highest BCUT2D eigenvalue weighted by Crippen LogP contribution is 2.25. The highest BCUT2D eigenvalue weighted by molar-refractivity contribution is 7.11. The smallest absolute Gasteiger partial charge is 0.221 e. The quantitative estimate of drug-likeness (QED) is 0.883. The van der Waals surface area contributed by atoms with E-state index < -0.39 is 0 Å². The molecule has 0 aromatic carbocycles. The fourth-order valence-electron chi connectivity index (χ4n) is 1.17. The summed E-state index contributed by atoms with van der Waals surface area (Å²) in [6.07, 6.45) is 0.338. The van der Waals surface area contributed by atoms with Crippen LogP contribution in [0.2, 0.25) is 0 Å². The highest BCUT2D eigenvalue weighted by atomic mass is 35.5. The fourth-order valence-corrected chi connectivity index (χ4v) is 2.00. The van der Waals surface area contributed by atoms with E-state index in [0.717, 1.165) is 10.0 Å². The van der Waals surface area contributed by atoms with E-state index in [-0.39, 0.29) is 29.8 Å². The normalized spacial score (nSPS) is 12.7. The third kappa shape index (κ3) is 5.75. The van der Waals surface area contributed by atoms with Gasteiger partial charge >= 0.3 is 0 Å². The molecule has 1 amide bonds. The predicted molar refractivity (Wildman–Crippen MR) is 76.0 cm³/mol. The van der Waals surface area contributed by atoms with Gasteiger partial charge < -0.3 is 11.1 Å². The number of nitrogens with two attached hydrogens (primary N) is 1. The monoisotopic (exact) mass is 292 g/mol. The maximum absolute atomic E-state index is 11.4. The second kappa shape index (κ2) is 7.01. The zero-order valence-electron chi connectivity index (χ0n) is 11.2. The van der Waals surface area contributed by atoms with Crippen LogP contribution >= 0.6 is 23.7 Å². The van der Waals surface area contributed by atoms with Crippen molar-refractivity contribution in [2.75, 3.05) is 0 Å². The van der Waals surface area contributed by atoms with Crippen molar-refractivity contribution < 1.29 is 4.79 Å². The van der Waals surface area contributed by atoms with Gasteiger partial charge in [0.15, 0.2) is 0 Å². The molecule has 0 saturated carbocycles. The van der Waals surface area contributed by atoms with E-state index in [4.69, 9.17) is 5.73 Å². The Morgan fingerprint density at radius 3 is 2.50 bits per heavy atom. The number of nitrogens with zero attached hydrogens (tertiary/aromatic N) is 2. The van der Waals surface area contributed by atoms with Crippen LogP contribution in [0.3, 0.4) is 0 Å². The van der Waals surface area contributed by atoms with Crippen molar-refractivity contribution in [3.8, 4) is 0 Å². The first-order chi connectivity index (χ1) is 7.79. The second-order valence-corrected chi connectivity index (χ2v) is 6.27. The number of aromatic nitrogens is 2. The van der Waals surface area contributed by atoms with E-state index in [1.54, 1.807) is 0 Å². The van der Waals surface area contributed by atoms with Gasteiger partial charge in [-0.1, -0.05) is 32.1 Å². The third-order valence-electron chi connectivity index (χ3n) is 2.05. The molecule has 5 nitrogen and oxygen atoms in total. The van der Waals surface area contributed by atoms with E-state index in [1.165, 1.54) is 11.3 Å². The van der Waals surface area contributed by atoms with Crippen LogP contribution in [0.15, 0.2) is 0 Å². The first-order valence-corrected chi connectivity index (χ1v) is 6.46. The Bertz CT molecular complexity index is 387. The van der Waals surface area contributed by atoms with Crippen LogP contribution in [0.4, 0.5) is 0 Å². The molecule has 18 heavy (non-hydrogen) atoms. The molecule has 0 aliphatic heterocycles. The maximum Gasteiger partial charge on any atom is 0.221 e. The first kappa shape index (κ1) is 17.3. The molecule has 1 rings (SSSR count). The molecule has 1 aromatic rings. The summed E-state index contributed by atoms with van der Waals surface area (Å²) in [6, 6.07) is -0.116. The molecule has 1 heterocycles. The number of amides is 1. The van der Waals surface area contributed by atoms with Crippen LogP contribution in [-0.2, 0) is 16.8 Å². The van der Waals surface area contributed by atoms with Crippen molar-refractivity contribution in [2.24, 2.45) is 5.73 Å². The number of carbonyl (C=O) groups is 1. The van der Waals surface area contributed by atoms with Crippen LogP contribution in [0.25, 0.3) is 0 Å². The summed E-state index contributed by atoms with van der Waals surface area (Å²) < 4.78 is 0. The molecular weight excluding hydrogens is 272 g/mol. The topological polar surface area (TPSA) is 80.9 Å². The van der Waals surface area contributed by atoms with E-state index in [0.29, 0.717) is 13.0 Å². The predicted octanol–water partition coefficient (Wildman–Crippen LogP) is 1.61. The Kier molecular flexibility index (Phi) is 6.73. The van der Waals surface area contributed by atoms with Crippen LogP contribution in [0, 0.1) is 0 Å². The number of hydrogen-bond donors (Lipinski definition) is 2. The van der Waals surface area contributed by atoms with Gasteiger partial charge in [0.25, 0.3) is 0 Å². The molecule has 3 N–H and O–H groups in total. The molecule has 1 unspecified atom stereocenters. The Hall–Kier alpha value is -0.720. The molecule has 7 heteroatoms. The molecule has 0 saturated heterocycles. The van der Waals surface area contributed by atoms with Gasteiger partial charge in [-0.05, 0) is 6.92 Å². The minimum Gasteiger partial charge on any atom is -0.349 e. The minimum atomic E-state index is -0.116. The van der Waals surface area contributed by atoms with Crippen molar-refractivity contribution >= 4 is 29.7 Å². The Labute approximate surface area is 118 Å². The van der Waals surface area contributed by atoms with Gasteiger partial charge in [-0.15, -0.1) is 22.6 Å². The van der Waals surface area contributed by atoms with Crippen LogP contribution in [0.1, 0.15) is 44.1 Å². The summed E-state index contributed by atoms with van der Waals surface area (Å²) in [7, 11) is 0. The summed E-state index contributed by atoms with van der Waals surface area (Å²) in [5.41, 5.74) is 5.54. The van der Waals surface area contributed by atoms with Crippen LogP contribution in [0.5, 0.6) is 0 Å². The van der Waals surface area contributed by atoms with Gasteiger partial charge in [-0.3, -0.25) is 4.79 Å². The molecule has 0 aliphatic rings. The van der Waals surface area contributed by atoms with Gasteiger partial charge in [-0.2, -0.15) is 0 Å². The average molecular weight is 293 g/mol. The lowest BCUT2D eigenvalue weighted by Crippen LogP contribution is -2.29. The molecular formula is C11H21ClN4OS. The largest absolute Gasteiger partial charge is 0.349 e. The number of nitrogens with one attached hydrogen (secondary N) is 1. The zero-order valence-corrected chi connectivity index (χ0v) is 12.8. The highest BCUT2D eigenvalue weighted by Gasteiger charge is 2.19. The lowest BCUT2D eigenvalue weighted by Gasteiger charge is -2.12. The number of carbonyl (C=O) groups excluding carboxylic acids is 1. The molecule has 0 fully saturated rings. The molecule has 0 aliphatic carbocycles. The third-order valence-corrected chi connectivity index (χ3v) is 3.40. The van der Waals surface area contributed by atoms with Crippen molar-refractivity contribution in [2.45, 2.75) is 52.1 Å². The standard InChI is InChI=1S/C11H20N4OS.ClH/c1-7(12)5-8(16)13-6-9-14-15-10(17-9)11(2,3)4;/h7H,5-6,12H2,1-4H3,(H,13,16);1H. The molecule has 1 atom stereocenters. The number of hydrogen-bond acceptors (Lipinski definition) is 5. The SMILES string of the molecule is CC(N)CC(=O)NCc1nnc(C(C)(C)C)s1.Cl. The van der Waals surface area contributed by atoms with Gasteiger partial charge in [0, 0.05) is 17.9 Å². The average Bonchev–Trinajstić information content (AvgIpc) is 2.61. The Morgan fingerprint density at radius 1 is 1.44 bits per heavy atom. The van der Waals surface area contributed by atoms with Crippen molar-refractivity contribution in [3.05, 3.63) is 10.0 Å².